The predicted octanol–water partition coefficient (Wildman–Crippen LogP) is -0.0293. The molecular formula is C17H27N2O9P. The summed E-state index contributed by atoms with van der Waals surface area (Å²) >= 11 is 0. The summed E-state index contributed by atoms with van der Waals surface area (Å²) in [6.45, 7) is 3.65. The van der Waals surface area contributed by atoms with Gasteiger partial charge in [-0.3, -0.25) is 4.57 Å². The zero-order chi connectivity index (χ0) is 21.8. The molecular weight excluding hydrogens is 407 g/mol. The summed E-state index contributed by atoms with van der Waals surface area (Å²) in [5.41, 5.74) is 0.496. The maximum Gasteiger partial charge on any atom is 0.325 e. The van der Waals surface area contributed by atoms with Gasteiger partial charge in [-0.25, -0.2) is 4.79 Å². The van der Waals surface area contributed by atoms with E-state index < -0.39 is 44.5 Å². The van der Waals surface area contributed by atoms with Crippen molar-refractivity contribution in [2.75, 3.05) is 11.5 Å². The maximum absolute atomic E-state index is 11.7. The Morgan fingerprint density at radius 3 is 2.31 bits per heavy atom. The van der Waals surface area contributed by atoms with Crippen molar-refractivity contribution in [3.05, 3.63) is 24.3 Å². The highest BCUT2D eigenvalue weighted by Crippen LogP contribution is 2.37. The van der Waals surface area contributed by atoms with E-state index in [4.69, 9.17) is 19.3 Å². The van der Waals surface area contributed by atoms with Gasteiger partial charge < -0.3 is 45.2 Å². The molecule has 164 valence electrons. The van der Waals surface area contributed by atoms with E-state index in [1.807, 2.05) is 13.8 Å². The molecule has 2 rings (SSSR count). The Kier molecular flexibility index (Phi) is 8.01. The summed E-state index contributed by atoms with van der Waals surface area (Å²) in [5.74, 6) is 0.251. The number of aliphatic hydroxyl groups is 3. The fourth-order valence-corrected chi connectivity index (χ4v) is 3.32. The van der Waals surface area contributed by atoms with E-state index in [0.717, 1.165) is 0 Å². The first kappa shape index (κ1) is 23.6. The standard InChI is InChI=1S/C17H27N2O9P/c1-9(2)18-17(23)19-10-3-5-11(6-4-10)27-16-15(22)14(21)13(20)12(28-16)7-8-29(24,25)26/h3-6,9,12-16,20-22H,7-8H2,1-2H3,(H2,18,19,23)(H2,24,25,26)/t12-,13-,14+,15+,16-/m1/s1. The molecule has 0 spiro atoms. The zero-order valence-corrected chi connectivity index (χ0v) is 16.9. The van der Waals surface area contributed by atoms with Crippen molar-refractivity contribution in [1.82, 2.24) is 5.32 Å². The van der Waals surface area contributed by atoms with E-state index in [1.54, 1.807) is 12.1 Å². The van der Waals surface area contributed by atoms with Crippen molar-refractivity contribution in [3.8, 4) is 5.75 Å². The van der Waals surface area contributed by atoms with Gasteiger partial charge in [-0.2, -0.15) is 0 Å². The van der Waals surface area contributed by atoms with Gasteiger partial charge in [-0.05, 0) is 44.5 Å². The van der Waals surface area contributed by atoms with Gasteiger partial charge in [0.05, 0.1) is 12.3 Å². The Morgan fingerprint density at radius 2 is 1.76 bits per heavy atom. The molecule has 12 heteroatoms. The summed E-state index contributed by atoms with van der Waals surface area (Å²) in [4.78, 5) is 29.7. The summed E-state index contributed by atoms with van der Waals surface area (Å²) in [6, 6.07) is 5.72. The van der Waals surface area contributed by atoms with Crippen LogP contribution in [0.1, 0.15) is 20.3 Å². The molecule has 1 aliphatic heterocycles. The first-order valence-corrected chi connectivity index (χ1v) is 10.8. The number of ether oxygens (including phenoxy) is 2. The molecule has 5 atom stereocenters. The third-order valence-electron chi connectivity index (χ3n) is 4.16. The SMILES string of the molecule is CC(C)NC(=O)Nc1ccc(O[C@@H]2O[C@H](CCP(=O)(O)O)[C@@H](O)[C@H](O)[C@@H]2O)cc1. The Balaban J connectivity index is 1.99. The number of hydrogen-bond acceptors (Lipinski definition) is 7. The van der Waals surface area contributed by atoms with Crippen LogP contribution in [-0.2, 0) is 9.30 Å². The van der Waals surface area contributed by atoms with Crippen LogP contribution in [0.15, 0.2) is 24.3 Å². The van der Waals surface area contributed by atoms with Gasteiger partial charge in [0.25, 0.3) is 0 Å². The van der Waals surface area contributed by atoms with Crippen LogP contribution in [-0.4, -0.2) is 74.0 Å². The van der Waals surface area contributed by atoms with E-state index in [9.17, 15) is 24.7 Å². The Labute approximate surface area is 167 Å². The fraction of sp³-hybridized carbons (Fsp3) is 0.588. The summed E-state index contributed by atoms with van der Waals surface area (Å²) in [5, 5.41) is 35.4. The third kappa shape index (κ3) is 7.23. The molecule has 1 heterocycles. The highest BCUT2D eigenvalue weighted by molar-refractivity contribution is 7.51. The smallest absolute Gasteiger partial charge is 0.325 e. The van der Waals surface area contributed by atoms with Gasteiger partial charge in [0.1, 0.15) is 24.1 Å². The summed E-state index contributed by atoms with van der Waals surface area (Å²) in [7, 11) is -4.32. The minimum Gasteiger partial charge on any atom is -0.462 e. The lowest BCUT2D eigenvalue weighted by molar-refractivity contribution is -0.272. The zero-order valence-electron chi connectivity index (χ0n) is 16.0. The number of aliphatic hydroxyl groups excluding tert-OH is 3. The van der Waals surface area contributed by atoms with Crippen LogP contribution in [0.5, 0.6) is 5.75 Å². The lowest BCUT2D eigenvalue weighted by Crippen LogP contribution is -2.59. The average Bonchev–Trinajstić information content (AvgIpc) is 2.61. The number of benzene rings is 1. The van der Waals surface area contributed by atoms with E-state index in [1.165, 1.54) is 12.1 Å². The molecule has 7 N–H and O–H groups in total. The maximum atomic E-state index is 11.7. The average molecular weight is 434 g/mol. The molecule has 2 amide bonds. The largest absolute Gasteiger partial charge is 0.462 e. The highest BCUT2D eigenvalue weighted by Gasteiger charge is 2.45. The summed E-state index contributed by atoms with van der Waals surface area (Å²) in [6.07, 6.45) is -8.00. The van der Waals surface area contributed by atoms with Crippen LogP contribution in [0.2, 0.25) is 0 Å². The normalized spacial score (nSPS) is 27.5. The molecule has 0 aliphatic carbocycles. The lowest BCUT2D eigenvalue weighted by atomic mass is 9.97. The topological polar surface area (TPSA) is 178 Å². The van der Waals surface area contributed by atoms with Gasteiger partial charge in [-0.15, -0.1) is 0 Å². The summed E-state index contributed by atoms with van der Waals surface area (Å²) < 4.78 is 22.0. The van der Waals surface area contributed by atoms with Crippen molar-refractivity contribution in [2.45, 2.75) is 57.0 Å². The quantitative estimate of drug-likeness (QED) is 0.290. The Morgan fingerprint density at radius 1 is 1.14 bits per heavy atom. The van der Waals surface area contributed by atoms with E-state index in [0.29, 0.717) is 5.69 Å². The highest BCUT2D eigenvalue weighted by atomic mass is 31.2. The van der Waals surface area contributed by atoms with Crippen LogP contribution in [0.25, 0.3) is 0 Å². The number of carbonyl (C=O) groups is 1. The number of hydrogen-bond donors (Lipinski definition) is 7. The van der Waals surface area contributed by atoms with Crippen LogP contribution < -0.4 is 15.4 Å². The number of rotatable bonds is 7. The van der Waals surface area contributed by atoms with Crippen LogP contribution in [0.3, 0.4) is 0 Å². The fourth-order valence-electron chi connectivity index (χ4n) is 2.73. The second-order valence-corrected chi connectivity index (χ2v) is 8.86. The molecule has 0 saturated carbocycles. The molecule has 1 saturated heterocycles. The Hall–Kier alpha value is -1.72. The molecule has 0 aromatic heterocycles. The number of urea groups is 1. The molecule has 1 aliphatic rings. The van der Waals surface area contributed by atoms with Gasteiger partial charge in [0, 0.05) is 11.7 Å². The molecule has 0 unspecified atom stereocenters. The second kappa shape index (κ2) is 9.86. The van der Waals surface area contributed by atoms with E-state index in [2.05, 4.69) is 10.6 Å². The van der Waals surface area contributed by atoms with Crippen molar-refractivity contribution in [2.24, 2.45) is 0 Å². The van der Waals surface area contributed by atoms with Crippen molar-refractivity contribution < 1.29 is 43.9 Å². The minimum absolute atomic E-state index is 0.0251. The third-order valence-corrected chi connectivity index (χ3v) is 5.00. The van der Waals surface area contributed by atoms with Gasteiger partial charge >= 0.3 is 13.6 Å². The van der Waals surface area contributed by atoms with E-state index >= 15 is 0 Å². The number of nitrogens with one attached hydrogen (secondary N) is 2. The number of anilines is 1. The molecule has 1 fully saturated rings. The number of amides is 2. The molecule has 11 nitrogen and oxygen atoms in total. The molecule has 1 aromatic rings. The van der Waals surface area contributed by atoms with Crippen LogP contribution in [0.4, 0.5) is 10.5 Å². The van der Waals surface area contributed by atoms with E-state index in [-0.39, 0.29) is 24.2 Å². The van der Waals surface area contributed by atoms with Gasteiger partial charge in [0.15, 0.2) is 0 Å². The van der Waals surface area contributed by atoms with Gasteiger partial charge in [0.2, 0.25) is 6.29 Å². The Bertz CT molecular complexity index is 724. The van der Waals surface area contributed by atoms with Crippen LogP contribution in [0, 0.1) is 0 Å². The van der Waals surface area contributed by atoms with Crippen molar-refractivity contribution >= 4 is 19.3 Å². The van der Waals surface area contributed by atoms with Crippen molar-refractivity contribution in [1.29, 1.82) is 0 Å². The monoisotopic (exact) mass is 434 g/mol. The molecule has 0 radical (unpaired) electrons. The number of carbonyl (C=O) groups excluding carboxylic acids is 1. The second-order valence-electron chi connectivity index (χ2n) is 7.09. The molecule has 1 aromatic carbocycles. The van der Waals surface area contributed by atoms with Crippen molar-refractivity contribution in [3.63, 3.8) is 0 Å². The minimum atomic E-state index is -4.32. The van der Waals surface area contributed by atoms with Gasteiger partial charge in [-0.1, -0.05) is 0 Å². The van der Waals surface area contributed by atoms with Crippen LogP contribution >= 0.6 is 7.60 Å². The molecule has 29 heavy (non-hydrogen) atoms. The first-order chi connectivity index (χ1) is 13.5. The first-order valence-electron chi connectivity index (χ1n) is 9.05. The lowest BCUT2D eigenvalue weighted by Gasteiger charge is -2.40. The molecule has 0 bridgehead atoms. The predicted molar refractivity (Wildman–Crippen MR) is 103 cm³/mol.